The highest BCUT2D eigenvalue weighted by molar-refractivity contribution is 6.33. The first kappa shape index (κ1) is 38.3. The van der Waals surface area contributed by atoms with E-state index in [1.807, 2.05) is 41.3 Å². The summed E-state index contributed by atoms with van der Waals surface area (Å²) in [4.78, 5) is 80.5. The molecule has 300 valence electrons. The lowest BCUT2D eigenvalue weighted by Crippen LogP contribution is -2.50. The number of carbonyl (C=O) groups is 5. The number of fused-ring (bicyclic) bond motifs is 1. The van der Waals surface area contributed by atoms with E-state index < -0.39 is 17.9 Å². The Morgan fingerprint density at radius 2 is 1.41 bits per heavy atom. The molecule has 1 saturated carbocycles. The first-order chi connectivity index (χ1) is 28.1. The molecule has 4 saturated heterocycles. The molecule has 13 heteroatoms. The van der Waals surface area contributed by atoms with Crippen LogP contribution in [0.1, 0.15) is 76.0 Å². The molecule has 1 aliphatic carbocycles. The number of imide groups is 1. The molecular formula is C45H48ClN7O5. The van der Waals surface area contributed by atoms with Crippen LogP contribution in [0.3, 0.4) is 0 Å². The Balaban J connectivity index is 0.731. The SMILES string of the molecule is [C-]#[N+]c1ccc(N2CCC3(CC2)CCN(c2ccc(C(=O)N4CCN(C[C@@H]5CCN(c6ccc7c(c6)C(=O)N(C6CCC(=O)CC6=O)C7=O)C5)CC4)cc2)C3)cc1Cl. The normalized spacial score (nSPS) is 23.6. The van der Waals surface area contributed by atoms with Crippen molar-refractivity contribution in [3.63, 3.8) is 0 Å². The standard InChI is InChI=1S/C45H48ClN7O5/c1-47-39-10-7-34(25-38(39)46)49-17-13-45(14-18-49)15-19-52(29-45)32-4-2-31(3-5-32)42(56)50-22-20-48(21-23-50)27-30-12-16-51(28-30)33-6-9-36-37(24-33)44(58)53(43(36)57)40-11-8-35(54)26-41(40)55/h2-7,9-10,24-25,30,40H,8,11-23,26-29H2/t30-,40?/m0/s1. The van der Waals surface area contributed by atoms with Crippen molar-refractivity contribution < 1.29 is 24.0 Å². The molecule has 0 bridgehead atoms. The van der Waals surface area contributed by atoms with Crippen molar-refractivity contribution in [3.8, 4) is 0 Å². The largest absolute Gasteiger partial charge is 0.372 e. The molecule has 3 aromatic rings. The highest BCUT2D eigenvalue weighted by Crippen LogP contribution is 2.43. The van der Waals surface area contributed by atoms with Gasteiger partial charge in [0, 0.05) is 106 Å². The molecule has 0 aromatic heterocycles. The molecule has 2 atom stereocenters. The number of carbonyl (C=O) groups excluding carboxylic acids is 5. The van der Waals surface area contributed by atoms with Gasteiger partial charge in [0.05, 0.1) is 30.2 Å². The van der Waals surface area contributed by atoms with Gasteiger partial charge in [-0.05, 0) is 98.0 Å². The molecule has 5 aliphatic heterocycles. The Hall–Kier alpha value is -5.25. The van der Waals surface area contributed by atoms with E-state index in [1.54, 1.807) is 12.1 Å². The molecule has 58 heavy (non-hydrogen) atoms. The summed E-state index contributed by atoms with van der Waals surface area (Å²) in [7, 11) is 0. The van der Waals surface area contributed by atoms with E-state index >= 15 is 0 Å². The van der Waals surface area contributed by atoms with Crippen LogP contribution in [-0.2, 0) is 9.59 Å². The van der Waals surface area contributed by atoms with Crippen molar-refractivity contribution >= 4 is 63.6 Å². The Labute approximate surface area is 344 Å². The van der Waals surface area contributed by atoms with E-state index in [0.29, 0.717) is 40.8 Å². The number of benzene rings is 3. The molecular weight excluding hydrogens is 754 g/mol. The van der Waals surface area contributed by atoms with Gasteiger partial charge in [-0.15, -0.1) is 0 Å². The van der Waals surface area contributed by atoms with E-state index in [-0.39, 0.29) is 42.2 Å². The summed E-state index contributed by atoms with van der Waals surface area (Å²) in [5, 5.41) is 0.513. The third kappa shape index (κ3) is 7.24. The molecule has 9 rings (SSSR count). The van der Waals surface area contributed by atoms with Gasteiger partial charge in [0.25, 0.3) is 17.7 Å². The van der Waals surface area contributed by atoms with E-state index in [0.717, 1.165) is 106 Å². The first-order valence-corrected chi connectivity index (χ1v) is 21.1. The zero-order valence-corrected chi connectivity index (χ0v) is 33.5. The van der Waals surface area contributed by atoms with E-state index in [4.69, 9.17) is 18.2 Å². The van der Waals surface area contributed by atoms with Crippen LogP contribution in [0.15, 0.2) is 60.7 Å². The molecule has 0 N–H and O–H groups in total. The van der Waals surface area contributed by atoms with E-state index in [9.17, 15) is 24.0 Å². The monoisotopic (exact) mass is 801 g/mol. The van der Waals surface area contributed by atoms with Crippen LogP contribution in [0.4, 0.5) is 22.7 Å². The Morgan fingerprint density at radius 1 is 0.741 bits per heavy atom. The van der Waals surface area contributed by atoms with Crippen molar-refractivity contribution in [2.45, 2.75) is 51.0 Å². The predicted octanol–water partition coefficient (Wildman–Crippen LogP) is 5.96. The third-order valence-electron chi connectivity index (χ3n) is 13.6. The van der Waals surface area contributed by atoms with Crippen LogP contribution in [0, 0.1) is 17.9 Å². The molecule has 6 aliphatic rings. The van der Waals surface area contributed by atoms with Crippen LogP contribution in [0.25, 0.3) is 4.85 Å². The number of hydrogen-bond donors (Lipinski definition) is 0. The van der Waals surface area contributed by atoms with Crippen LogP contribution in [0.2, 0.25) is 5.02 Å². The maximum absolute atomic E-state index is 13.6. The predicted molar refractivity (Wildman–Crippen MR) is 222 cm³/mol. The number of amides is 3. The fourth-order valence-electron chi connectivity index (χ4n) is 10.2. The average molecular weight is 802 g/mol. The zero-order chi connectivity index (χ0) is 40.1. The maximum Gasteiger partial charge on any atom is 0.262 e. The number of rotatable bonds is 7. The smallest absolute Gasteiger partial charge is 0.262 e. The number of Topliss-reactive ketones (excluding diaryl/α,β-unsaturated/α-hetero) is 2. The van der Waals surface area contributed by atoms with Gasteiger partial charge in [0.1, 0.15) is 5.78 Å². The van der Waals surface area contributed by atoms with Gasteiger partial charge in [-0.1, -0.05) is 17.7 Å². The number of ketones is 2. The summed E-state index contributed by atoms with van der Waals surface area (Å²) >= 11 is 6.33. The minimum Gasteiger partial charge on any atom is -0.372 e. The van der Waals surface area contributed by atoms with Crippen LogP contribution >= 0.6 is 11.6 Å². The minimum atomic E-state index is -0.866. The Kier molecular flexibility index (Phi) is 10.2. The lowest BCUT2D eigenvalue weighted by Gasteiger charge is -2.40. The summed E-state index contributed by atoms with van der Waals surface area (Å²) in [6.07, 6.45) is 4.58. The fraction of sp³-hybridized carbons (Fsp3) is 0.467. The Morgan fingerprint density at radius 3 is 2.12 bits per heavy atom. The molecule has 3 aromatic carbocycles. The number of hydrogen-bond acceptors (Lipinski definition) is 9. The highest BCUT2D eigenvalue weighted by Gasteiger charge is 2.45. The van der Waals surface area contributed by atoms with Crippen LogP contribution < -0.4 is 14.7 Å². The molecule has 5 fully saturated rings. The maximum atomic E-state index is 13.6. The van der Waals surface area contributed by atoms with Gasteiger partial charge in [-0.3, -0.25) is 33.8 Å². The third-order valence-corrected chi connectivity index (χ3v) is 13.9. The zero-order valence-electron chi connectivity index (χ0n) is 32.7. The summed E-state index contributed by atoms with van der Waals surface area (Å²) in [5.41, 5.74) is 5.31. The summed E-state index contributed by atoms with van der Waals surface area (Å²) in [6, 6.07) is 18.4. The van der Waals surface area contributed by atoms with Crippen LogP contribution in [0.5, 0.6) is 0 Å². The van der Waals surface area contributed by atoms with Crippen LogP contribution in [-0.4, -0.2) is 122 Å². The number of anilines is 3. The Bertz CT molecular complexity index is 2200. The lowest BCUT2D eigenvalue weighted by atomic mass is 9.77. The van der Waals surface area contributed by atoms with E-state index in [2.05, 4.69) is 36.6 Å². The van der Waals surface area contributed by atoms with Crippen molar-refractivity contribution in [3.05, 3.63) is 93.8 Å². The lowest BCUT2D eigenvalue weighted by molar-refractivity contribution is -0.132. The molecule has 1 unspecified atom stereocenters. The topological polar surface area (TPSA) is 109 Å². The van der Waals surface area contributed by atoms with Gasteiger partial charge >= 0.3 is 0 Å². The summed E-state index contributed by atoms with van der Waals surface area (Å²) < 4.78 is 0. The highest BCUT2D eigenvalue weighted by atomic mass is 35.5. The summed E-state index contributed by atoms with van der Waals surface area (Å²) in [5.74, 6) is -0.884. The van der Waals surface area contributed by atoms with Gasteiger partial charge in [0.15, 0.2) is 5.78 Å². The number of halogens is 1. The van der Waals surface area contributed by atoms with Gasteiger partial charge in [0.2, 0.25) is 5.69 Å². The van der Waals surface area contributed by atoms with Crippen molar-refractivity contribution in [2.75, 3.05) is 86.7 Å². The second kappa shape index (κ2) is 15.5. The molecule has 0 radical (unpaired) electrons. The second-order valence-corrected chi connectivity index (χ2v) is 17.5. The number of nitrogens with zero attached hydrogens (tertiary/aromatic N) is 7. The average Bonchev–Trinajstić information content (AvgIpc) is 3.95. The van der Waals surface area contributed by atoms with Gasteiger partial charge in [-0.2, -0.15) is 0 Å². The van der Waals surface area contributed by atoms with Gasteiger partial charge < -0.3 is 19.6 Å². The molecule has 5 heterocycles. The molecule has 1 spiro atoms. The number of piperazine rings is 1. The minimum absolute atomic E-state index is 0.0811. The van der Waals surface area contributed by atoms with E-state index in [1.165, 1.54) is 5.69 Å². The molecule has 12 nitrogen and oxygen atoms in total. The summed E-state index contributed by atoms with van der Waals surface area (Å²) in [6.45, 7) is 16.9. The first-order valence-electron chi connectivity index (χ1n) is 20.7. The quantitative estimate of drug-likeness (QED) is 0.163. The fourth-order valence-corrected chi connectivity index (χ4v) is 10.4. The molecule has 3 amide bonds. The number of piperidine rings is 1. The van der Waals surface area contributed by atoms with Crippen molar-refractivity contribution in [1.29, 1.82) is 0 Å². The van der Waals surface area contributed by atoms with Gasteiger partial charge in [-0.25, -0.2) is 4.85 Å². The van der Waals surface area contributed by atoms with Crippen molar-refractivity contribution in [1.82, 2.24) is 14.7 Å². The van der Waals surface area contributed by atoms with Crippen molar-refractivity contribution in [2.24, 2.45) is 11.3 Å². The second-order valence-electron chi connectivity index (χ2n) is 17.1.